The first-order chi connectivity index (χ1) is 5.90. The minimum absolute atomic E-state index is 0.252. The maximum absolute atomic E-state index is 11.8. The van der Waals surface area contributed by atoms with E-state index in [4.69, 9.17) is 11.6 Å². The zero-order chi connectivity index (χ0) is 10.1. The Kier molecular flexibility index (Phi) is 2.71. The van der Waals surface area contributed by atoms with E-state index in [1.165, 1.54) is 25.1 Å². The number of benzene rings is 1. The van der Waals surface area contributed by atoms with Crippen LogP contribution in [0.15, 0.2) is 18.2 Å². The third-order valence-corrected chi connectivity index (χ3v) is 1.85. The van der Waals surface area contributed by atoms with Crippen molar-refractivity contribution in [1.82, 2.24) is 0 Å². The van der Waals surface area contributed by atoms with Crippen LogP contribution < -0.4 is 4.74 Å². The summed E-state index contributed by atoms with van der Waals surface area (Å²) in [5.41, 5.74) is 0.279. The summed E-state index contributed by atoms with van der Waals surface area (Å²) in [6.45, 7) is 1.46. The van der Waals surface area contributed by atoms with Gasteiger partial charge in [0, 0.05) is 10.6 Å². The van der Waals surface area contributed by atoms with Gasteiger partial charge in [-0.25, -0.2) is 0 Å². The molecule has 0 heterocycles. The molecule has 1 nitrogen and oxygen atoms in total. The van der Waals surface area contributed by atoms with Gasteiger partial charge in [-0.15, -0.1) is 13.2 Å². The molecule has 0 N–H and O–H groups in total. The van der Waals surface area contributed by atoms with Gasteiger partial charge < -0.3 is 4.74 Å². The Labute approximate surface area is 78.1 Å². The Bertz CT molecular complexity index is 309. The molecule has 0 aliphatic carbocycles. The van der Waals surface area contributed by atoms with Gasteiger partial charge in [0.25, 0.3) is 0 Å². The first kappa shape index (κ1) is 10.2. The molecule has 0 radical (unpaired) electrons. The molecule has 0 fully saturated rings. The molecule has 0 aliphatic heterocycles. The lowest BCUT2D eigenvalue weighted by Crippen LogP contribution is -2.17. The first-order valence-corrected chi connectivity index (χ1v) is 3.79. The molecule has 0 spiro atoms. The van der Waals surface area contributed by atoms with Gasteiger partial charge in [0.05, 0.1) is 0 Å². The largest absolute Gasteiger partial charge is 0.573 e. The van der Waals surface area contributed by atoms with Gasteiger partial charge in [-0.3, -0.25) is 0 Å². The second kappa shape index (κ2) is 3.46. The quantitative estimate of drug-likeness (QED) is 0.689. The van der Waals surface area contributed by atoms with E-state index in [1.54, 1.807) is 0 Å². The number of hydrogen-bond acceptors (Lipinski definition) is 1. The average molecular weight is 211 g/mol. The number of hydrogen-bond donors (Lipinski definition) is 0. The van der Waals surface area contributed by atoms with Gasteiger partial charge in [-0.2, -0.15) is 0 Å². The Hall–Kier alpha value is -0.900. The van der Waals surface area contributed by atoms with Crippen LogP contribution in [0.4, 0.5) is 13.2 Å². The van der Waals surface area contributed by atoms with Crippen LogP contribution in [0, 0.1) is 6.92 Å². The summed E-state index contributed by atoms with van der Waals surface area (Å²) in [5, 5.41) is 0.252. The lowest BCUT2D eigenvalue weighted by Gasteiger charge is -2.11. The van der Waals surface area contributed by atoms with Crippen LogP contribution in [-0.4, -0.2) is 6.36 Å². The number of halogens is 4. The van der Waals surface area contributed by atoms with E-state index in [1.807, 2.05) is 0 Å². The molecular formula is C8H6ClF3O. The highest BCUT2D eigenvalue weighted by Crippen LogP contribution is 2.29. The summed E-state index contributed by atoms with van der Waals surface area (Å²) >= 11 is 5.60. The molecule has 5 heteroatoms. The summed E-state index contributed by atoms with van der Waals surface area (Å²) in [6, 6.07) is 4.12. The number of rotatable bonds is 1. The fourth-order valence-corrected chi connectivity index (χ4v) is 0.989. The van der Waals surface area contributed by atoms with E-state index in [9.17, 15) is 13.2 Å². The molecule has 0 atom stereocenters. The van der Waals surface area contributed by atoms with E-state index in [2.05, 4.69) is 4.74 Å². The van der Waals surface area contributed by atoms with Gasteiger partial charge in [0.15, 0.2) is 0 Å². The molecule has 72 valence electrons. The van der Waals surface area contributed by atoms with Crippen molar-refractivity contribution in [3.05, 3.63) is 28.8 Å². The molecule has 1 aromatic carbocycles. The molecule has 0 amide bonds. The van der Waals surface area contributed by atoms with Crippen LogP contribution in [0.2, 0.25) is 5.02 Å². The van der Waals surface area contributed by atoms with E-state index in [0.29, 0.717) is 0 Å². The molecule has 1 aromatic rings. The van der Waals surface area contributed by atoms with Crippen molar-refractivity contribution >= 4 is 11.6 Å². The van der Waals surface area contributed by atoms with Crippen molar-refractivity contribution in [2.75, 3.05) is 0 Å². The highest BCUT2D eigenvalue weighted by molar-refractivity contribution is 6.31. The molecule has 0 unspecified atom stereocenters. The lowest BCUT2D eigenvalue weighted by molar-refractivity contribution is -0.274. The van der Waals surface area contributed by atoms with Crippen molar-refractivity contribution in [3.63, 3.8) is 0 Å². The van der Waals surface area contributed by atoms with E-state index in [-0.39, 0.29) is 16.3 Å². The summed E-state index contributed by atoms with van der Waals surface area (Å²) in [4.78, 5) is 0. The Balaban J connectivity index is 2.96. The lowest BCUT2D eigenvalue weighted by atomic mass is 10.2. The number of alkyl halides is 3. The maximum Gasteiger partial charge on any atom is 0.573 e. The summed E-state index contributed by atoms with van der Waals surface area (Å²) in [7, 11) is 0. The van der Waals surface area contributed by atoms with Crippen molar-refractivity contribution in [2.24, 2.45) is 0 Å². The minimum atomic E-state index is -4.67. The van der Waals surface area contributed by atoms with Crippen LogP contribution in [-0.2, 0) is 0 Å². The van der Waals surface area contributed by atoms with E-state index >= 15 is 0 Å². The average Bonchev–Trinajstić information content (AvgIpc) is 1.96. The SMILES string of the molecule is Cc1c(Cl)cccc1OC(F)(F)F. The molecule has 0 aromatic heterocycles. The molecule has 0 saturated heterocycles. The maximum atomic E-state index is 11.8. The predicted octanol–water partition coefficient (Wildman–Crippen LogP) is 3.55. The summed E-state index contributed by atoms with van der Waals surface area (Å²) in [5.74, 6) is -0.264. The molecular weight excluding hydrogens is 205 g/mol. The molecule has 0 saturated carbocycles. The monoisotopic (exact) mass is 210 g/mol. The summed E-state index contributed by atoms with van der Waals surface area (Å²) in [6.07, 6.45) is -4.67. The van der Waals surface area contributed by atoms with Crippen molar-refractivity contribution in [1.29, 1.82) is 0 Å². The highest BCUT2D eigenvalue weighted by atomic mass is 35.5. The standard InChI is InChI=1S/C8H6ClF3O/c1-5-6(9)3-2-4-7(5)13-8(10,11)12/h2-4H,1H3. The minimum Gasteiger partial charge on any atom is -0.405 e. The zero-order valence-corrected chi connectivity index (χ0v) is 7.41. The van der Waals surface area contributed by atoms with Gasteiger partial charge in [-0.05, 0) is 19.1 Å². The molecule has 0 bridgehead atoms. The van der Waals surface area contributed by atoms with Crippen LogP contribution in [0.25, 0.3) is 0 Å². The second-order valence-electron chi connectivity index (χ2n) is 2.41. The fraction of sp³-hybridized carbons (Fsp3) is 0.250. The van der Waals surface area contributed by atoms with Crippen molar-refractivity contribution in [3.8, 4) is 5.75 Å². The van der Waals surface area contributed by atoms with Crippen molar-refractivity contribution in [2.45, 2.75) is 13.3 Å². The zero-order valence-electron chi connectivity index (χ0n) is 6.65. The van der Waals surface area contributed by atoms with Crippen LogP contribution in [0.1, 0.15) is 5.56 Å². The fourth-order valence-electron chi connectivity index (χ4n) is 0.823. The molecule has 0 aliphatic rings. The third-order valence-electron chi connectivity index (χ3n) is 1.44. The van der Waals surface area contributed by atoms with Crippen LogP contribution >= 0.6 is 11.6 Å². The first-order valence-electron chi connectivity index (χ1n) is 3.41. The normalized spacial score (nSPS) is 11.5. The van der Waals surface area contributed by atoms with E-state index < -0.39 is 6.36 Å². The van der Waals surface area contributed by atoms with Gasteiger partial charge in [0.2, 0.25) is 0 Å². The van der Waals surface area contributed by atoms with Gasteiger partial charge in [-0.1, -0.05) is 17.7 Å². The summed E-state index contributed by atoms with van der Waals surface area (Å²) < 4.78 is 39.1. The van der Waals surface area contributed by atoms with Crippen molar-refractivity contribution < 1.29 is 17.9 Å². The Morgan fingerprint density at radius 1 is 1.31 bits per heavy atom. The smallest absolute Gasteiger partial charge is 0.405 e. The molecule has 13 heavy (non-hydrogen) atoms. The highest BCUT2D eigenvalue weighted by Gasteiger charge is 2.31. The Morgan fingerprint density at radius 2 is 1.92 bits per heavy atom. The molecule has 1 rings (SSSR count). The van der Waals surface area contributed by atoms with E-state index in [0.717, 1.165) is 0 Å². The topological polar surface area (TPSA) is 9.23 Å². The van der Waals surface area contributed by atoms with Crippen LogP contribution in [0.3, 0.4) is 0 Å². The van der Waals surface area contributed by atoms with Crippen LogP contribution in [0.5, 0.6) is 5.75 Å². The second-order valence-corrected chi connectivity index (χ2v) is 2.82. The number of ether oxygens (including phenoxy) is 1. The van der Waals surface area contributed by atoms with Gasteiger partial charge in [0.1, 0.15) is 5.75 Å². The third kappa shape index (κ3) is 2.81. The predicted molar refractivity (Wildman–Crippen MR) is 42.9 cm³/mol. The van der Waals surface area contributed by atoms with Gasteiger partial charge >= 0.3 is 6.36 Å². The Morgan fingerprint density at radius 3 is 2.46 bits per heavy atom.